The van der Waals surface area contributed by atoms with Crippen molar-refractivity contribution >= 4 is 17.9 Å². The summed E-state index contributed by atoms with van der Waals surface area (Å²) < 4.78 is 14.5. The Morgan fingerprint density at radius 1 is 1.13 bits per heavy atom. The van der Waals surface area contributed by atoms with E-state index in [0.29, 0.717) is 24.0 Å². The van der Waals surface area contributed by atoms with E-state index in [0.717, 1.165) is 34.6 Å². The van der Waals surface area contributed by atoms with Crippen molar-refractivity contribution in [1.82, 2.24) is 9.71 Å². The van der Waals surface area contributed by atoms with Crippen LogP contribution in [-0.2, 0) is 6.61 Å². The fraction of sp³-hybridized carbons (Fsp3) is 0.280. The Morgan fingerprint density at radius 2 is 1.94 bits per heavy atom. The molecule has 0 radical (unpaired) electrons. The smallest absolute Gasteiger partial charge is 0.261 e. The Hall–Kier alpha value is -2.99. The van der Waals surface area contributed by atoms with Gasteiger partial charge in [0.15, 0.2) is 0 Å². The third-order valence-corrected chi connectivity index (χ3v) is 5.60. The molecule has 1 N–H and O–H groups in total. The van der Waals surface area contributed by atoms with Gasteiger partial charge in [0.05, 0.1) is 6.61 Å². The van der Waals surface area contributed by atoms with E-state index in [9.17, 15) is 4.79 Å². The summed E-state index contributed by atoms with van der Waals surface area (Å²) in [5.41, 5.74) is 4.87. The van der Waals surface area contributed by atoms with Crippen LogP contribution in [0.4, 0.5) is 0 Å². The lowest BCUT2D eigenvalue weighted by Gasteiger charge is -2.11. The van der Waals surface area contributed by atoms with E-state index < -0.39 is 0 Å². The van der Waals surface area contributed by atoms with Crippen molar-refractivity contribution in [3.8, 4) is 22.8 Å². The summed E-state index contributed by atoms with van der Waals surface area (Å²) in [6.07, 6.45) is 6.22. The van der Waals surface area contributed by atoms with Crippen molar-refractivity contribution in [2.45, 2.75) is 26.4 Å². The highest BCUT2D eigenvalue weighted by molar-refractivity contribution is 7.97. The number of pyridine rings is 1. The number of hydrogen-bond donors (Lipinski definition) is 1. The summed E-state index contributed by atoms with van der Waals surface area (Å²) in [6, 6.07) is 17.4. The number of aromatic nitrogens is 1. The quantitative estimate of drug-likeness (QED) is 0.455. The van der Waals surface area contributed by atoms with Crippen molar-refractivity contribution in [2.24, 2.45) is 5.92 Å². The van der Waals surface area contributed by atoms with E-state index in [1.54, 1.807) is 0 Å². The first-order valence-electron chi connectivity index (χ1n) is 10.4. The summed E-state index contributed by atoms with van der Waals surface area (Å²) >= 11 is 1.29. The summed E-state index contributed by atoms with van der Waals surface area (Å²) in [7, 11) is 0. The molecule has 0 bridgehead atoms. The first kappa shape index (κ1) is 21.2. The molecule has 0 saturated heterocycles. The number of nitrogens with zero attached hydrogens (tertiary/aromatic N) is 1. The number of carbonyl (C=O) groups is 1. The van der Waals surface area contributed by atoms with Crippen molar-refractivity contribution in [2.75, 3.05) is 12.9 Å². The lowest BCUT2D eigenvalue weighted by Crippen LogP contribution is -2.14. The van der Waals surface area contributed by atoms with E-state index in [1.165, 1.54) is 24.8 Å². The van der Waals surface area contributed by atoms with Gasteiger partial charge in [0.25, 0.3) is 5.91 Å². The van der Waals surface area contributed by atoms with Crippen LogP contribution in [0, 0.1) is 12.8 Å². The molecule has 1 amide bonds. The van der Waals surface area contributed by atoms with Gasteiger partial charge < -0.3 is 9.47 Å². The molecule has 1 aromatic heterocycles. The molecule has 0 unspecified atom stereocenters. The molecular weight excluding hydrogens is 408 g/mol. The molecule has 0 aliphatic heterocycles. The van der Waals surface area contributed by atoms with Gasteiger partial charge in [-0.25, -0.2) is 4.98 Å². The van der Waals surface area contributed by atoms with Gasteiger partial charge in [-0.05, 0) is 66.6 Å². The zero-order chi connectivity index (χ0) is 21.6. The lowest BCUT2D eigenvalue weighted by atomic mass is 10.0. The van der Waals surface area contributed by atoms with Crippen molar-refractivity contribution in [1.29, 1.82) is 0 Å². The highest BCUT2D eigenvalue weighted by Crippen LogP contribution is 2.31. The molecule has 160 valence electrons. The third-order valence-electron chi connectivity index (χ3n) is 5.21. The topological polar surface area (TPSA) is 60.5 Å². The number of nitrogens with one attached hydrogen (secondary N) is 1. The molecule has 1 saturated carbocycles. The Morgan fingerprint density at radius 3 is 2.65 bits per heavy atom. The van der Waals surface area contributed by atoms with Gasteiger partial charge in [0.2, 0.25) is 5.88 Å². The van der Waals surface area contributed by atoms with Gasteiger partial charge in [0, 0.05) is 29.6 Å². The average Bonchev–Trinajstić information content (AvgIpc) is 3.62. The molecule has 1 fully saturated rings. The Bertz CT molecular complexity index is 1050. The van der Waals surface area contributed by atoms with Crippen LogP contribution in [0.25, 0.3) is 11.1 Å². The van der Waals surface area contributed by atoms with E-state index in [2.05, 4.69) is 22.7 Å². The van der Waals surface area contributed by atoms with Gasteiger partial charge in [0.1, 0.15) is 12.4 Å². The molecule has 0 atom stereocenters. The van der Waals surface area contributed by atoms with Gasteiger partial charge >= 0.3 is 0 Å². The molecule has 2 aromatic carbocycles. The van der Waals surface area contributed by atoms with Gasteiger partial charge in [-0.3, -0.25) is 9.52 Å². The van der Waals surface area contributed by atoms with Crippen LogP contribution in [0.2, 0.25) is 0 Å². The van der Waals surface area contributed by atoms with E-state index in [-0.39, 0.29) is 5.91 Å². The molecule has 1 heterocycles. The second-order valence-corrected chi connectivity index (χ2v) is 8.35. The van der Waals surface area contributed by atoms with Crippen LogP contribution in [0.15, 0.2) is 60.8 Å². The highest BCUT2D eigenvalue weighted by Gasteiger charge is 2.22. The number of amides is 1. The SMILES string of the molecule is CSNC(=O)c1ccc(COc2cccc(-c3cnc(OCC4CC4)cc3C)c2)cc1. The molecule has 0 spiro atoms. The second kappa shape index (κ2) is 9.88. The zero-order valence-corrected chi connectivity index (χ0v) is 18.6. The average molecular weight is 435 g/mol. The van der Waals surface area contributed by atoms with E-state index in [1.807, 2.05) is 61.0 Å². The molecule has 5 nitrogen and oxygen atoms in total. The van der Waals surface area contributed by atoms with Crippen LogP contribution in [0.5, 0.6) is 11.6 Å². The predicted molar refractivity (Wildman–Crippen MR) is 124 cm³/mol. The van der Waals surface area contributed by atoms with Gasteiger partial charge in [-0.15, -0.1) is 0 Å². The first-order valence-corrected chi connectivity index (χ1v) is 11.6. The van der Waals surface area contributed by atoms with Crippen molar-refractivity contribution in [3.05, 3.63) is 77.5 Å². The van der Waals surface area contributed by atoms with Crippen LogP contribution in [-0.4, -0.2) is 23.8 Å². The Balaban J connectivity index is 1.39. The highest BCUT2D eigenvalue weighted by atomic mass is 32.2. The predicted octanol–water partition coefficient (Wildman–Crippen LogP) is 5.43. The third kappa shape index (κ3) is 5.79. The molecule has 4 rings (SSSR count). The largest absolute Gasteiger partial charge is 0.489 e. The van der Waals surface area contributed by atoms with Crippen LogP contribution >= 0.6 is 11.9 Å². The standard InChI is InChI=1S/C25H26N2O3S/c1-17-12-24(30-16-18-6-7-18)26-14-23(17)21-4-3-5-22(13-21)29-15-19-8-10-20(11-9-19)25(28)27-31-2/h3-5,8-14,18H,6-7,15-16H2,1-2H3,(H,27,28). The van der Waals surface area contributed by atoms with E-state index in [4.69, 9.17) is 9.47 Å². The van der Waals surface area contributed by atoms with Gasteiger partial charge in [-0.2, -0.15) is 0 Å². The fourth-order valence-corrected chi connectivity index (χ4v) is 3.53. The summed E-state index contributed by atoms with van der Waals surface area (Å²) in [5.74, 6) is 2.09. The summed E-state index contributed by atoms with van der Waals surface area (Å²) in [6.45, 7) is 3.26. The maximum Gasteiger partial charge on any atom is 0.261 e. The number of ether oxygens (including phenoxy) is 2. The first-order chi connectivity index (χ1) is 15.1. The Labute approximate surface area is 187 Å². The number of benzene rings is 2. The monoisotopic (exact) mass is 434 g/mol. The number of carbonyl (C=O) groups excluding carboxylic acids is 1. The number of hydrogen-bond acceptors (Lipinski definition) is 5. The summed E-state index contributed by atoms with van der Waals surface area (Å²) in [5, 5.41) is 0. The molecule has 6 heteroatoms. The number of aryl methyl sites for hydroxylation is 1. The maximum absolute atomic E-state index is 11.8. The second-order valence-electron chi connectivity index (χ2n) is 7.74. The lowest BCUT2D eigenvalue weighted by molar-refractivity contribution is 0.0984. The molecule has 31 heavy (non-hydrogen) atoms. The molecule has 1 aliphatic carbocycles. The molecule has 3 aromatic rings. The minimum atomic E-state index is -0.0967. The number of rotatable bonds is 9. The Kier molecular flexibility index (Phi) is 6.77. The molecule has 1 aliphatic rings. The maximum atomic E-state index is 11.8. The van der Waals surface area contributed by atoms with Gasteiger partial charge in [-0.1, -0.05) is 36.2 Å². The van der Waals surface area contributed by atoms with Crippen LogP contribution < -0.4 is 14.2 Å². The molecular formula is C25H26N2O3S. The van der Waals surface area contributed by atoms with Crippen LogP contribution in [0.3, 0.4) is 0 Å². The van der Waals surface area contributed by atoms with E-state index >= 15 is 0 Å². The minimum absolute atomic E-state index is 0.0967. The summed E-state index contributed by atoms with van der Waals surface area (Å²) in [4.78, 5) is 16.3. The minimum Gasteiger partial charge on any atom is -0.489 e. The van der Waals surface area contributed by atoms with Crippen molar-refractivity contribution in [3.63, 3.8) is 0 Å². The fourth-order valence-electron chi connectivity index (χ4n) is 3.22. The zero-order valence-electron chi connectivity index (χ0n) is 17.8. The normalized spacial score (nSPS) is 13.0. The van der Waals surface area contributed by atoms with Crippen LogP contribution in [0.1, 0.15) is 34.3 Å². The van der Waals surface area contributed by atoms with Crippen molar-refractivity contribution < 1.29 is 14.3 Å².